The van der Waals surface area contributed by atoms with Crippen molar-refractivity contribution in [3.63, 3.8) is 0 Å². The first-order valence-corrected chi connectivity index (χ1v) is 5.76. The molecule has 0 unspecified atom stereocenters. The van der Waals surface area contributed by atoms with E-state index in [1.54, 1.807) is 0 Å². The summed E-state index contributed by atoms with van der Waals surface area (Å²) in [4.78, 5) is 0. The molecule has 0 radical (unpaired) electrons. The second kappa shape index (κ2) is 4.80. The minimum Gasteiger partial charge on any atom is -0.488 e. The van der Waals surface area contributed by atoms with Gasteiger partial charge in [0.15, 0.2) is 0 Å². The number of nitrogens with zero attached hydrogens (tertiary/aromatic N) is 1. The summed E-state index contributed by atoms with van der Waals surface area (Å²) in [6.07, 6.45) is 0. The number of ether oxygens (including phenoxy) is 1. The molecular weight excluding hydrogens is 238 g/mol. The van der Waals surface area contributed by atoms with Crippen molar-refractivity contribution in [2.75, 3.05) is 0 Å². The van der Waals surface area contributed by atoms with Crippen LogP contribution in [0.4, 0.5) is 0 Å². The third kappa shape index (κ3) is 2.61. The maximum absolute atomic E-state index is 5.89. The summed E-state index contributed by atoms with van der Waals surface area (Å²) in [6, 6.07) is 5.57. The molecule has 0 spiro atoms. The van der Waals surface area contributed by atoms with Gasteiger partial charge in [0.25, 0.3) is 0 Å². The quantitative estimate of drug-likeness (QED) is 0.832. The molecular formula is C13H14ClNO2. The molecule has 2 rings (SSSR count). The van der Waals surface area contributed by atoms with Crippen molar-refractivity contribution in [1.82, 2.24) is 5.16 Å². The van der Waals surface area contributed by atoms with Gasteiger partial charge in [-0.1, -0.05) is 16.8 Å². The minimum atomic E-state index is 0.462. The molecule has 0 N–H and O–H groups in total. The van der Waals surface area contributed by atoms with Gasteiger partial charge >= 0.3 is 0 Å². The van der Waals surface area contributed by atoms with Crippen molar-refractivity contribution >= 4 is 11.6 Å². The predicted octanol–water partition coefficient (Wildman–Crippen LogP) is 3.83. The lowest BCUT2D eigenvalue weighted by atomic mass is 10.2. The van der Waals surface area contributed by atoms with Gasteiger partial charge in [-0.15, -0.1) is 0 Å². The van der Waals surface area contributed by atoms with Crippen LogP contribution in [0.3, 0.4) is 0 Å². The second-order valence-corrected chi connectivity index (χ2v) is 4.44. The minimum absolute atomic E-state index is 0.462. The normalized spacial score (nSPS) is 10.6. The third-order valence-corrected chi connectivity index (χ3v) is 2.93. The first-order valence-electron chi connectivity index (χ1n) is 5.38. The predicted molar refractivity (Wildman–Crippen MR) is 66.5 cm³/mol. The zero-order valence-corrected chi connectivity index (χ0v) is 10.8. The molecule has 0 aliphatic heterocycles. The van der Waals surface area contributed by atoms with Gasteiger partial charge in [-0.2, -0.15) is 0 Å². The fraction of sp³-hybridized carbons (Fsp3) is 0.308. The van der Waals surface area contributed by atoms with Gasteiger partial charge in [-0.05, 0) is 44.5 Å². The van der Waals surface area contributed by atoms with Crippen LogP contribution < -0.4 is 4.74 Å². The number of halogens is 1. The van der Waals surface area contributed by atoms with E-state index in [1.165, 1.54) is 0 Å². The Hall–Kier alpha value is -1.48. The number of hydrogen-bond donors (Lipinski definition) is 0. The van der Waals surface area contributed by atoms with Gasteiger partial charge in [0.2, 0.25) is 0 Å². The van der Waals surface area contributed by atoms with Crippen molar-refractivity contribution in [2.45, 2.75) is 27.4 Å². The lowest BCUT2D eigenvalue weighted by Crippen LogP contribution is -1.99. The van der Waals surface area contributed by atoms with Crippen LogP contribution in [-0.2, 0) is 6.61 Å². The monoisotopic (exact) mass is 251 g/mol. The molecule has 0 bridgehead atoms. The Bertz CT molecular complexity index is 515. The summed E-state index contributed by atoms with van der Waals surface area (Å²) < 4.78 is 10.8. The largest absolute Gasteiger partial charge is 0.488 e. The zero-order valence-electron chi connectivity index (χ0n) is 10.1. The Morgan fingerprint density at radius 1 is 1.29 bits per heavy atom. The van der Waals surface area contributed by atoms with Crippen molar-refractivity contribution in [1.29, 1.82) is 0 Å². The van der Waals surface area contributed by atoms with Gasteiger partial charge in [-0.3, -0.25) is 0 Å². The van der Waals surface area contributed by atoms with Crippen LogP contribution in [-0.4, -0.2) is 5.16 Å². The second-order valence-electron chi connectivity index (χ2n) is 4.00. The number of benzene rings is 1. The molecule has 1 aromatic carbocycles. The highest BCUT2D eigenvalue weighted by atomic mass is 35.5. The number of hydrogen-bond acceptors (Lipinski definition) is 3. The lowest BCUT2D eigenvalue weighted by molar-refractivity contribution is 0.299. The fourth-order valence-corrected chi connectivity index (χ4v) is 1.86. The average molecular weight is 252 g/mol. The average Bonchev–Trinajstić information content (AvgIpc) is 2.58. The number of rotatable bonds is 3. The fourth-order valence-electron chi connectivity index (χ4n) is 1.63. The molecule has 2 aromatic rings. The maximum Gasteiger partial charge on any atom is 0.140 e. The molecule has 0 saturated heterocycles. The Labute approximate surface area is 105 Å². The zero-order chi connectivity index (χ0) is 12.4. The van der Waals surface area contributed by atoms with Gasteiger partial charge in [0.1, 0.15) is 18.1 Å². The molecule has 0 fully saturated rings. The first kappa shape index (κ1) is 12.0. The Morgan fingerprint density at radius 2 is 2.06 bits per heavy atom. The molecule has 0 saturated carbocycles. The van der Waals surface area contributed by atoms with E-state index in [2.05, 4.69) is 5.16 Å². The Morgan fingerprint density at radius 3 is 2.65 bits per heavy atom. The SMILES string of the molecule is Cc1cc(Cl)ccc1OCc1c(C)noc1C. The molecule has 90 valence electrons. The molecule has 0 amide bonds. The van der Waals surface area contributed by atoms with Crippen LogP contribution in [0.2, 0.25) is 5.02 Å². The van der Waals surface area contributed by atoms with Gasteiger partial charge < -0.3 is 9.26 Å². The number of aromatic nitrogens is 1. The van der Waals surface area contributed by atoms with Crippen LogP contribution in [0.25, 0.3) is 0 Å². The van der Waals surface area contributed by atoms with Crippen molar-refractivity contribution in [3.8, 4) is 5.75 Å². The van der Waals surface area contributed by atoms with Crippen molar-refractivity contribution in [3.05, 3.63) is 45.8 Å². The van der Waals surface area contributed by atoms with Gasteiger partial charge in [0.05, 0.1) is 11.3 Å². The van der Waals surface area contributed by atoms with E-state index in [9.17, 15) is 0 Å². The van der Waals surface area contributed by atoms with Crippen LogP contribution >= 0.6 is 11.6 Å². The Balaban J connectivity index is 2.13. The highest BCUT2D eigenvalue weighted by Gasteiger charge is 2.10. The molecule has 1 heterocycles. The number of aryl methyl sites for hydroxylation is 3. The first-order chi connectivity index (χ1) is 8.08. The van der Waals surface area contributed by atoms with E-state index in [4.69, 9.17) is 20.9 Å². The highest BCUT2D eigenvalue weighted by Crippen LogP contribution is 2.23. The van der Waals surface area contributed by atoms with Crippen molar-refractivity contribution < 1.29 is 9.26 Å². The van der Waals surface area contributed by atoms with Crippen LogP contribution in [0, 0.1) is 20.8 Å². The van der Waals surface area contributed by atoms with E-state index in [0.29, 0.717) is 11.6 Å². The Kier molecular flexibility index (Phi) is 3.38. The van der Waals surface area contributed by atoms with Crippen molar-refractivity contribution in [2.24, 2.45) is 0 Å². The summed E-state index contributed by atoms with van der Waals surface area (Å²) >= 11 is 5.89. The summed E-state index contributed by atoms with van der Waals surface area (Å²) in [5.41, 5.74) is 2.89. The molecule has 1 aromatic heterocycles. The van der Waals surface area contributed by atoms with Gasteiger partial charge in [0, 0.05) is 5.02 Å². The van der Waals surface area contributed by atoms with Crippen LogP contribution in [0.5, 0.6) is 5.75 Å². The summed E-state index contributed by atoms with van der Waals surface area (Å²) in [5.74, 6) is 1.63. The molecule has 3 nitrogen and oxygen atoms in total. The highest BCUT2D eigenvalue weighted by molar-refractivity contribution is 6.30. The summed E-state index contributed by atoms with van der Waals surface area (Å²) in [7, 11) is 0. The van der Waals surface area contributed by atoms with Crippen LogP contribution in [0.1, 0.15) is 22.6 Å². The molecule has 0 atom stereocenters. The van der Waals surface area contributed by atoms with E-state index in [-0.39, 0.29) is 0 Å². The van der Waals surface area contributed by atoms with Gasteiger partial charge in [-0.25, -0.2) is 0 Å². The smallest absolute Gasteiger partial charge is 0.140 e. The van der Waals surface area contributed by atoms with E-state index in [0.717, 1.165) is 28.3 Å². The van der Waals surface area contributed by atoms with Crippen LogP contribution in [0.15, 0.2) is 22.7 Å². The summed E-state index contributed by atoms with van der Waals surface area (Å²) in [6.45, 7) is 6.22. The van der Waals surface area contributed by atoms with E-state index < -0.39 is 0 Å². The summed E-state index contributed by atoms with van der Waals surface area (Å²) in [5, 5.41) is 4.60. The lowest BCUT2D eigenvalue weighted by Gasteiger charge is -2.08. The molecule has 17 heavy (non-hydrogen) atoms. The molecule has 0 aliphatic carbocycles. The molecule has 0 aliphatic rings. The van der Waals surface area contributed by atoms with E-state index in [1.807, 2.05) is 39.0 Å². The molecule has 4 heteroatoms. The third-order valence-electron chi connectivity index (χ3n) is 2.69. The topological polar surface area (TPSA) is 35.3 Å². The standard InChI is InChI=1S/C13H14ClNO2/c1-8-6-11(14)4-5-13(8)16-7-12-9(2)15-17-10(12)3/h4-6H,7H2,1-3H3. The maximum atomic E-state index is 5.89. The van der Waals surface area contributed by atoms with E-state index >= 15 is 0 Å².